The lowest BCUT2D eigenvalue weighted by atomic mass is 9.92. The number of likely N-dealkylation sites (N-methyl/N-ethyl adjacent to an activating group) is 1. The molecule has 1 nitrogen and oxygen atoms in total. The Balaban J connectivity index is 2.18. The van der Waals surface area contributed by atoms with E-state index in [0.717, 1.165) is 5.70 Å². The molecule has 19 heavy (non-hydrogen) atoms. The van der Waals surface area contributed by atoms with Crippen molar-refractivity contribution in [3.63, 3.8) is 0 Å². The van der Waals surface area contributed by atoms with Crippen molar-refractivity contribution in [3.05, 3.63) is 83.6 Å². The van der Waals surface area contributed by atoms with Crippen LogP contribution in [-0.4, -0.2) is 7.05 Å². The Morgan fingerprint density at radius 1 is 0.947 bits per heavy atom. The van der Waals surface area contributed by atoms with E-state index in [0.29, 0.717) is 0 Å². The maximum absolute atomic E-state index is 4.14. The molecule has 2 aromatic carbocycles. The fourth-order valence-electron chi connectivity index (χ4n) is 2.46. The average molecular weight is 247 g/mol. The third-order valence-electron chi connectivity index (χ3n) is 3.66. The normalized spacial score (nSPS) is 14.1. The van der Waals surface area contributed by atoms with Crippen LogP contribution in [0, 0.1) is 6.92 Å². The van der Waals surface area contributed by atoms with Crippen molar-refractivity contribution >= 4 is 11.3 Å². The summed E-state index contributed by atoms with van der Waals surface area (Å²) in [5.74, 6) is 0. The minimum Gasteiger partial charge on any atom is -0.345 e. The number of anilines is 1. The number of fused-ring (bicyclic) bond motifs is 1. The van der Waals surface area contributed by atoms with E-state index in [1.54, 1.807) is 0 Å². The monoisotopic (exact) mass is 247 g/mol. The van der Waals surface area contributed by atoms with Crippen LogP contribution in [0.3, 0.4) is 0 Å². The smallest absolute Gasteiger partial charge is 0.0487 e. The second-order valence-electron chi connectivity index (χ2n) is 4.99. The molecule has 0 bridgehead atoms. The highest BCUT2D eigenvalue weighted by molar-refractivity contribution is 5.91. The van der Waals surface area contributed by atoms with E-state index in [1.807, 2.05) is 0 Å². The topological polar surface area (TPSA) is 3.24 Å². The molecule has 0 amide bonds. The van der Waals surface area contributed by atoms with Gasteiger partial charge in [0.15, 0.2) is 0 Å². The van der Waals surface area contributed by atoms with Gasteiger partial charge < -0.3 is 4.90 Å². The summed E-state index contributed by atoms with van der Waals surface area (Å²) in [4.78, 5) is 2.13. The highest BCUT2D eigenvalue weighted by Crippen LogP contribution is 2.37. The van der Waals surface area contributed by atoms with Gasteiger partial charge in [0.1, 0.15) is 0 Å². The molecule has 2 aromatic rings. The first-order chi connectivity index (χ1) is 9.16. The molecule has 1 aliphatic rings. The lowest BCUT2D eigenvalue weighted by Gasteiger charge is -2.29. The first-order valence-corrected chi connectivity index (χ1v) is 6.47. The van der Waals surface area contributed by atoms with Gasteiger partial charge in [0.25, 0.3) is 0 Å². The summed E-state index contributed by atoms with van der Waals surface area (Å²) in [6.45, 7) is 6.25. The van der Waals surface area contributed by atoms with E-state index in [1.165, 1.54) is 28.0 Å². The predicted octanol–water partition coefficient (Wildman–Crippen LogP) is 4.39. The van der Waals surface area contributed by atoms with Crippen molar-refractivity contribution in [2.24, 2.45) is 0 Å². The summed E-state index contributed by atoms with van der Waals surface area (Å²) >= 11 is 0. The number of aryl methyl sites for hydroxylation is 1. The molecule has 0 fully saturated rings. The first-order valence-electron chi connectivity index (χ1n) is 6.47. The van der Waals surface area contributed by atoms with Crippen LogP contribution in [-0.2, 0) is 0 Å². The maximum Gasteiger partial charge on any atom is 0.0487 e. The molecule has 0 radical (unpaired) electrons. The molecule has 1 heterocycles. The van der Waals surface area contributed by atoms with Crippen LogP contribution < -0.4 is 4.90 Å². The number of benzene rings is 2. The van der Waals surface area contributed by atoms with Crippen LogP contribution in [0.4, 0.5) is 5.69 Å². The molecule has 0 N–H and O–H groups in total. The zero-order valence-electron chi connectivity index (χ0n) is 11.4. The van der Waals surface area contributed by atoms with Gasteiger partial charge in [-0.1, -0.05) is 54.6 Å². The number of hydrogen-bond donors (Lipinski definition) is 0. The molecular formula is C18H17N. The van der Waals surface area contributed by atoms with E-state index in [2.05, 4.69) is 80.1 Å². The van der Waals surface area contributed by atoms with Gasteiger partial charge in [-0.2, -0.15) is 0 Å². The average Bonchev–Trinajstić information content (AvgIpc) is 2.44. The van der Waals surface area contributed by atoms with Crippen LogP contribution in [0.5, 0.6) is 0 Å². The van der Waals surface area contributed by atoms with Gasteiger partial charge in [-0.3, -0.25) is 0 Å². The van der Waals surface area contributed by atoms with E-state index in [-0.39, 0.29) is 0 Å². The van der Waals surface area contributed by atoms with E-state index in [4.69, 9.17) is 0 Å². The molecule has 0 saturated carbocycles. The summed E-state index contributed by atoms with van der Waals surface area (Å²) in [5.41, 5.74) is 7.27. The lowest BCUT2D eigenvalue weighted by Crippen LogP contribution is -2.19. The maximum atomic E-state index is 4.14. The third-order valence-corrected chi connectivity index (χ3v) is 3.66. The lowest BCUT2D eigenvalue weighted by molar-refractivity contribution is 1.12. The predicted molar refractivity (Wildman–Crippen MR) is 82.2 cm³/mol. The fourth-order valence-corrected chi connectivity index (χ4v) is 2.46. The van der Waals surface area contributed by atoms with Crippen molar-refractivity contribution in [2.75, 3.05) is 11.9 Å². The summed E-state index contributed by atoms with van der Waals surface area (Å²) in [5, 5.41) is 0. The van der Waals surface area contributed by atoms with E-state index >= 15 is 0 Å². The summed E-state index contributed by atoms with van der Waals surface area (Å²) < 4.78 is 0. The number of allylic oxidation sites excluding steroid dienone is 1. The standard InChI is InChI=1S/C18H17N/c1-13-8-10-15(11-9-13)17-12-14(2)19(3)18-7-5-4-6-16(17)18/h4-12H,2H2,1,3H3. The Hall–Kier alpha value is -2.28. The van der Waals surface area contributed by atoms with E-state index < -0.39 is 0 Å². The van der Waals surface area contributed by atoms with Gasteiger partial charge in [0.2, 0.25) is 0 Å². The van der Waals surface area contributed by atoms with Crippen molar-refractivity contribution in [1.29, 1.82) is 0 Å². The molecular weight excluding hydrogens is 230 g/mol. The van der Waals surface area contributed by atoms with Crippen molar-refractivity contribution < 1.29 is 0 Å². The molecule has 94 valence electrons. The minimum atomic E-state index is 1.02. The van der Waals surface area contributed by atoms with Gasteiger partial charge in [-0.05, 0) is 30.2 Å². The Labute approximate surface area is 114 Å². The zero-order chi connectivity index (χ0) is 13.4. The van der Waals surface area contributed by atoms with Gasteiger partial charge >= 0.3 is 0 Å². The van der Waals surface area contributed by atoms with Gasteiger partial charge in [0, 0.05) is 24.0 Å². The Morgan fingerprint density at radius 2 is 1.63 bits per heavy atom. The van der Waals surface area contributed by atoms with Gasteiger partial charge in [0.05, 0.1) is 0 Å². The van der Waals surface area contributed by atoms with Crippen LogP contribution in [0.1, 0.15) is 16.7 Å². The van der Waals surface area contributed by atoms with Crippen LogP contribution in [0.2, 0.25) is 0 Å². The number of rotatable bonds is 1. The quantitative estimate of drug-likeness (QED) is 0.722. The Kier molecular flexibility index (Phi) is 2.75. The number of hydrogen-bond acceptors (Lipinski definition) is 1. The fraction of sp³-hybridized carbons (Fsp3) is 0.111. The van der Waals surface area contributed by atoms with Crippen molar-refractivity contribution in [1.82, 2.24) is 0 Å². The second kappa shape index (κ2) is 4.43. The van der Waals surface area contributed by atoms with Crippen LogP contribution in [0.25, 0.3) is 5.57 Å². The van der Waals surface area contributed by atoms with Crippen molar-refractivity contribution in [2.45, 2.75) is 6.92 Å². The summed E-state index contributed by atoms with van der Waals surface area (Å²) in [6.07, 6.45) is 2.16. The van der Waals surface area contributed by atoms with Gasteiger partial charge in [-0.25, -0.2) is 0 Å². The van der Waals surface area contributed by atoms with Gasteiger partial charge in [-0.15, -0.1) is 0 Å². The molecule has 3 rings (SSSR count). The highest BCUT2D eigenvalue weighted by atomic mass is 15.1. The molecule has 1 aliphatic heterocycles. The Morgan fingerprint density at radius 3 is 2.37 bits per heavy atom. The molecule has 1 heteroatoms. The first kappa shape index (κ1) is 11.8. The van der Waals surface area contributed by atoms with Crippen LogP contribution >= 0.6 is 0 Å². The molecule has 0 saturated heterocycles. The SMILES string of the molecule is C=C1C=C(c2ccc(C)cc2)c2ccccc2N1C. The summed E-state index contributed by atoms with van der Waals surface area (Å²) in [7, 11) is 2.06. The van der Waals surface area contributed by atoms with E-state index in [9.17, 15) is 0 Å². The summed E-state index contributed by atoms with van der Waals surface area (Å²) in [6, 6.07) is 17.1. The largest absolute Gasteiger partial charge is 0.345 e. The third kappa shape index (κ3) is 1.97. The molecule has 0 spiro atoms. The Bertz CT molecular complexity index is 662. The molecule has 0 aliphatic carbocycles. The molecule has 0 aromatic heterocycles. The highest BCUT2D eigenvalue weighted by Gasteiger charge is 2.18. The number of para-hydroxylation sites is 1. The second-order valence-corrected chi connectivity index (χ2v) is 4.99. The number of nitrogens with zero attached hydrogens (tertiary/aromatic N) is 1. The van der Waals surface area contributed by atoms with Crippen LogP contribution in [0.15, 0.2) is 66.9 Å². The van der Waals surface area contributed by atoms with Crippen molar-refractivity contribution in [3.8, 4) is 0 Å². The minimum absolute atomic E-state index is 1.02. The zero-order valence-corrected chi connectivity index (χ0v) is 11.4. The molecule has 0 unspecified atom stereocenters. The molecule has 0 atom stereocenters.